The molecule has 0 aliphatic heterocycles. The molecule has 0 amide bonds. The van der Waals surface area contributed by atoms with Crippen molar-refractivity contribution in [3.63, 3.8) is 0 Å². The van der Waals surface area contributed by atoms with Crippen LogP contribution in [0.4, 0.5) is 0 Å². The Balaban J connectivity index is 2.49. The molecule has 7 heteroatoms. The van der Waals surface area contributed by atoms with Gasteiger partial charge in [0.15, 0.2) is 0 Å². The van der Waals surface area contributed by atoms with Gasteiger partial charge in [0.05, 0.1) is 24.3 Å². The zero-order valence-corrected chi connectivity index (χ0v) is 13.1. The van der Waals surface area contributed by atoms with Crippen LogP contribution in [0.1, 0.15) is 16.2 Å². The van der Waals surface area contributed by atoms with E-state index in [2.05, 4.69) is 25.7 Å². The van der Waals surface area contributed by atoms with E-state index >= 15 is 0 Å². The van der Waals surface area contributed by atoms with Crippen molar-refractivity contribution in [2.24, 2.45) is 0 Å². The molecule has 2 rings (SSSR count). The first kappa shape index (κ1) is 15.0. The van der Waals surface area contributed by atoms with E-state index in [4.69, 9.17) is 20.8 Å². The van der Waals surface area contributed by atoms with Crippen LogP contribution in [-0.4, -0.2) is 25.2 Å². The van der Waals surface area contributed by atoms with Crippen LogP contribution in [0.3, 0.4) is 0 Å². The summed E-state index contributed by atoms with van der Waals surface area (Å²) in [6.45, 7) is 0.141. The van der Waals surface area contributed by atoms with Crippen LogP contribution in [-0.2, 0) is 16.1 Å². The van der Waals surface area contributed by atoms with Gasteiger partial charge >= 0.3 is 5.97 Å². The summed E-state index contributed by atoms with van der Waals surface area (Å²) in [5.41, 5.74) is 0.954. The third-order valence-electron chi connectivity index (χ3n) is 2.51. The predicted octanol–water partition coefficient (Wildman–Crippen LogP) is 3.69. The minimum atomic E-state index is -0.607. The normalized spacial score (nSPS) is 10.6. The van der Waals surface area contributed by atoms with E-state index < -0.39 is 5.97 Å². The molecular weight excluding hydrogens is 350 g/mol. The van der Waals surface area contributed by atoms with Gasteiger partial charge in [-0.2, -0.15) is 0 Å². The lowest BCUT2D eigenvalue weighted by Crippen LogP contribution is -2.04. The Bertz CT molecular complexity index is 641. The largest absolute Gasteiger partial charge is 0.463 e. The lowest BCUT2D eigenvalue weighted by Gasteiger charge is -1.99. The first-order valence-corrected chi connectivity index (χ1v) is 6.76. The van der Waals surface area contributed by atoms with E-state index in [-0.39, 0.29) is 18.3 Å². The molecule has 0 atom stereocenters. The van der Waals surface area contributed by atoms with Crippen LogP contribution in [0.15, 0.2) is 27.1 Å². The lowest BCUT2D eigenvalue weighted by molar-refractivity contribution is 0.0559. The Hall–Kier alpha value is -1.37. The fourth-order valence-electron chi connectivity index (χ4n) is 1.62. The van der Waals surface area contributed by atoms with Crippen molar-refractivity contribution in [2.75, 3.05) is 14.2 Å². The molecule has 106 valence electrons. The number of oxazole rings is 1. The highest BCUT2D eigenvalue weighted by atomic mass is 79.9. The van der Waals surface area contributed by atoms with Crippen LogP contribution >= 0.6 is 27.5 Å². The SMILES string of the molecule is COCc1nc(-c2ccc(Br)cc2Cl)oc1C(=O)OC. The van der Waals surface area contributed by atoms with Gasteiger partial charge in [0, 0.05) is 11.6 Å². The number of nitrogens with zero attached hydrogens (tertiary/aromatic N) is 1. The third kappa shape index (κ3) is 3.03. The van der Waals surface area contributed by atoms with Gasteiger partial charge in [-0.05, 0) is 18.2 Å². The molecule has 1 heterocycles. The van der Waals surface area contributed by atoms with E-state index in [0.29, 0.717) is 16.3 Å². The van der Waals surface area contributed by atoms with E-state index in [1.807, 2.05) is 0 Å². The van der Waals surface area contributed by atoms with Gasteiger partial charge in [-0.25, -0.2) is 9.78 Å². The summed E-state index contributed by atoms with van der Waals surface area (Å²) in [5.74, 6) is -0.345. The minimum Gasteiger partial charge on any atom is -0.463 e. The summed E-state index contributed by atoms with van der Waals surface area (Å²) in [5, 5.41) is 0.459. The van der Waals surface area contributed by atoms with Crippen molar-refractivity contribution in [1.82, 2.24) is 4.98 Å². The van der Waals surface area contributed by atoms with Crippen LogP contribution in [0.2, 0.25) is 5.02 Å². The highest BCUT2D eigenvalue weighted by Crippen LogP contribution is 2.31. The molecule has 0 unspecified atom stereocenters. The standard InChI is InChI=1S/C13H11BrClNO4/c1-18-6-10-11(13(17)19-2)20-12(16-10)8-4-3-7(14)5-9(8)15/h3-5H,6H2,1-2H3. The number of hydrogen-bond acceptors (Lipinski definition) is 5. The van der Waals surface area contributed by atoms with Crippen molar-refractivity contribution in [3.05, 3.63) is 39.1 Å². The van der Waals surface area contributed by atoms with Gasteiger partial charge in [0.1, 0.15) is 5.69 Å². The second-order valence-electron chi connectivity index (χ2n) is 3.84. The van der Waals surface area contributed by atoms with Gasteiger partial charge in [0.2, 0.25) is 11.7 Å². The number of carbonyl (C=O) groups is 1. The van der Waals surface area contributed by atoms with Crippen molar-refractivity contribution in [2.45, 2.75) is 6.61 Å². The molecule has 0 bridgehead atoms. The van der Waals surface area contributed by atoms with Crippen LogP contribution in [0.25, 0.3) is 11.5 Å². The number of methoxy groups -OCH3 is 2. The van der Waals surface area contributed by atoms with Gasteiger partial charge in [-0.1, -0.05) is 27.5 Å². The van der Waals surface area contributed by atoms with Gasteiger partial charge in [-0.15, -0.1) is 0 Å². The van der Waals surface area contributed by atoms with Crippen LogP contribution < -0.4 is 0 Å². The Morgan fingerprint density at radius 2 is 2.20 bits per heavy atom. The van der Waals surface area contributed by atoms with Crippen LogP contribution in [0.5, 0.6) is 0 Å². The number of halogens is 2. The summed E-state index contributed by atoms with van der Waals surface area (Å²) < 4.78 is 15.9. The fraction of sp³-hybridized carbons (Fsp3) is 0.231. The summed E-state index contributed by atoms with van der Waals surface area (Å²) in [7, 11) is 2.77. The minimum absolute atomic E-state index is 0.0170. The maximum Gasteiger partial charge on any atom is 0.376 e. The van der Waals surface area contributed by atoms with E-state index in [1.165, 1.54) is 14.2 Å². The average molecular weight is 361 g/mol. The highest BCUT2D eigenvalue weighted by Gasteiger charge is 2.22. The van der Waals surface area contributed by atoms with Gasteiger partial charge in [-0.3, -0.25) is 0 Å². The Labute approximate surface area is 129 Å². The zero-order valence-electron chi connectivity index (χ0n) is 10.8. The predicted molar refractivity (Wildman–Crippen MR) is 76.7 cm³/mol. The first-order valence-electron chi connectivity index (χ1n) is 5.59. The molecule has 0 saturated heterocycles. The van der Waals surface area contributed by atoms with Crippen molar-refractivity contribution in [1.29, 1.82) is 0 Å². The quantitative estimate of drug-likeness (QED) is 0.778. The third-order valence-corrected chi connectivity index (χ3v) is 3.32. The first-order chi connectivity index (χ1) is 9.56. The number of aromatic nitrogens is 1. The Morgan fingerprint density at radius 3 is 2.80 bits per heavy atom. The van der Waals surface area contributed by atoms with Crippen molar-refractivity contribution < 1.29 is 18.7 Å². The monoisotopic (exact) mass is 359 g/mol. The second kappa shape index (κ2) is 6.39. The number of rotatable bonds is 4. The summed E-state index contributed by atoms with van der Waals surface area (Å²) in [4.78, 5) is 15.9. The summed E-state index contributed by atoms with van der Waals surface area (Å²) in [6.07, 6.45) is 0. The van der Waals surface area contributed by atoms with Crippen molar-refractivity contribution in [3.8, 4) is 11.5 Å². The zero-order chi connectivity index (χ0) is 14.7. The number of hydrogen-bond donors (Lipinski definition) is 0. The number of carbonyl (C=O) groups excluding carboxylic acids is 1. The molecular formula is C13H11BrClNO4. The molecule has 20 heavy (non-hydrogen) atoms. The molecule has 0 aliphatic carbocycles. The molecule has 0 aliphatic rings. The van der Waals surface area contributed by atoms with Crippen LogP contribution in [0, 0.1) is 0 Å². The molecule has 1 aromatic heterocycles. The fourth-order valence-corrected chi connectivity index (χ4v) is 2.37. The molecule has 2 aromatic rings. The highest BCUT2D eigenvalue weighted by molar-refractivity contribution is 9.10. The maximum atomic E-state index is 11.6. The molecule has 0 radical (unpaired) electrons. The van der Waals surface area contributed by atoms with Gasteiger partial charge < -0.3 is 13.9 Å². The molecule has 0 fully saturated rings. The summed E-state index contributed by atoms with van der Waals surface area (Å²) in [6, 6.07) is 5.27. The number of benzene rings is 1. The Kier molecular flexibility index (Phi) is 4.80. The van der Waals surface area contributed by atoms with E-state index in [9.17, 15) is 4.79 Å². The second-order valence-corrected chi connectivity index (χ2v) is 5.17. The molecule has 0 N–H and O–H groups in total. The van der Waals surface area contributed by atoms with Crippen molar-refractivity contribution >= 4 is 33.5 Å². The average Bonchev–Trinajstić information content (AvgIpc) is 2.82. The van der Waals surface area contributed by atoms with Gasteiger partial charge in [0.25, 0.3) is 0 Å². The molecule has 5 nitrogen and oxygen atoms in total. The smallest absolute Gasteiger partial charge is 0.376 e. The summed E-state index contributed by atoms with van der Waals surface area (Å²) >= 11 is 9.46. The number of ether oxygens (including phenoxy) is 2. The van der Waals surface area contributed by atoms with E-state index in [1.54, 1.807) is 18.2 Å². The topological polar surface area (TPSA) is 61.6 Å². The Morgan fingerprint density at radius 1 is 1.45 bits per heavy atom. The molecule has 0 saturated carbocycles. The van der Waals surface area contributed by atoms with E-state index in [0.717, 1.165) is 4.47 Å². The lowest BCUT2D eigenvalue weighted by atomic mass is 10.2. The number of esters is 1. The maximum absolute atomic E-state index is 11.6. The molecule has 1 aromatic carbocycles. The molecule has 0 spiro atoms.